The molecule has 0 fully saturated rings. The molecule has 0 N–H and O–H groups in total. The molecule has 1 aromatic carbocycles. The average molecular weight is 328 g/mol. The number of nitrogens with zero attached hydrogens (tertiary/aromatic N) is 2. The lowest BCUT2D eigenvalue weighted by molar-refractivity contribution is 0.0994. The number of thiazole rings is 1. The van der Waals surface area contributed by atoms with Crippen LogP contribution in [0.3, 0.4) is 0 Å². The number of aryl methyl sites for hydroxylation is 2. The molecule has 0 saturated heterocycles. The van der Waals surface area contributed by atoms with E-state index in [0.29, 0.717) is 4.80 Å². The van der Waals surface area contributed by atoms with Crippen molar-refractivity contribution in [3.8, 4) is 11.3 Å². The zero-order valence-corrected chi connectivity index (χ0v) is 13.2. The average Bonchev–Trinajstić information content (AvgIpc) is 3.12. The first-order valence-electron chi connectivity index (χ1n) is 7.24. The molecule has 23 heavy (non-hydrogen) atoms. The predicted octanol–water partition coefficient (Wildman–Crippen LogP) is 3.33. The van der Waals surface area contributed by atoms with Crippen molar-refractivity contribution in [2.24, 2.45) is 12.0 Å². The van der Waals surface area contributed by atoms with Gasteiger partial charge in [0, 0.05) is 23.9 Å². The molecule has 0 unspecified atom stereocenters. The number of furan rings is 1. The summed E-state index contributed by atoms with van der Waals surface area (Å²) < 4.78 is 21.1. The summed E-state index contributed by atoms with van der Waals surface area (Å²) in [7, 11) is 1.87. The Balaban J connectivity index is 1.83. The van der Waals surface area contributed by atoms with Gasteiger partial charge in [-0.05, 0) is 24.6 Å². The van der Waals surface area contributed by atoms with Gasteiger partial charge in [-0.2, -0.15) is 4.99 Å². The van der Waals surface area contributed by atoms with Gasteiger partial charge in [0.05, 0.1) is 17.5 Å². The van der Waals surface area contributed by atoms with Gasteiger partial charge < -0.3 is 8.98 Å². The number of halogens is 1. The number of carbonyl (C=O) groups is 1. The van der Waals surface area contributed by atoms with Gasteiger partial charge in [0.2, 0.25) is 0 Å². The normalized spacial score (nSPS) is 13.7. The van der Waals surface area contributed by atoms with Crippen LogP contribution in [0.5, 0.6) is 0 Å². The summed E-state index contributed by atoms with van der Waals surface area (Å²) in [6.07, 6.45) is 3.38. The summed E-state index contributed by atoms with van der Waals surface area (Å²) in [4.78, 5) is 18.1. The Kier molecular flexibility index (Phi) is 3.27. The van der Waals surface area contributed by atoms with Crippen molar-refractivity contribution in [1.29, 1.82) is 0 Å². The Bertz CT molecular complexity index is 981. The number of hydrogen-bond donors (Lipinski definition) is 0. The molecule has 116 valence electrons. The molecule has 4 nitrogen and oxygen atoms in total. The van der Waals surface area contributed by atoms with E-state index in [2.05, 4.69) is 4.99 Å². The van der Waals surface area contributed by atoms with Crippen molar-refractivity contribution in [1.82, 2.24) is 4.57 Å². The van der Waals surface area contributed by atoms with E-state index in [0.717, 1.165) is 29.9 Å². The zero-order chi connectivity index (χ0) is 16.0. The van der Waals surface area contributed by atoms with Gasteiger partial charge in [0.1, 0.15) is 11.6 Å². The van der Waals surface area contributed by atoms with Crippen LogP contribution in [-0.2, 0) is 19.9 Å². The van der Waals surface area contributed by atoms with Crippen LogP contribution in [-0.4, -0.2) is 10.5 Å². The van der Waals surface area contributed by atoms with Gasteiger partial charge in [0.15, 0.2) is 4.80 Å². The molecule has 1 aliphatic carbocycles. The summed E-state index contributed by atoms with van der Waals surface area (Å²) >= 11 is 1.47. The minimum Gasteiger partial charge on any atom is -0.469 e. The molecule has 0 bridgehead atoms. The van der Waals surface area contributed by atoms with Gasteiger partial charge >= 0.3 is 0 Å². The summed E-state index contributed by atoms with van der Waals surface area (Å²) in [6, 6.07) is 7.82. The molecule has 0 saturated carbocycles. The number of benzene rings is 1. The highest BCUT2D eigenvalue weighted by molar-refractivity contribution is 7.09. The number of amides is 1. The summed E-state index contributed by atoms with van der Waals surface area (Å²) in [5, 5.41) is 0. The van der Waals surface area contributed by atoms with E-state index in [1.54, 1.807) is 18.4 Å². The SMILES string of the molecule is Cn1c2c(sc1=NC(=O)c1ccccc1F)CCc1occc1-2. The second kappa shape index (κ2) is 5.31. The van der Waals surface area contributed by atoms with Gasteiger partial charge in [0.25, 0.3) is 5.91 Å². The smallest absolute Gasteiger partial charge is 0.282 e. The summed E-state index contributed by atoms with van der Waals surface area (Å²) in [5.41, 5.74) is 2.07. The van der Waals surface area contributed by atoms with Gasteiger partial charge in [-0.1, -0.05) is 12.1 Å². The van der Waals surface area contributed by atoms with E-state index in [-0.39, 0.29) is 5.56 Å². The Morgan fingerprint density at radius 3 is 2.96 bits per heavy atom. The monoisotopic (exact) mass is 328 g/mol. The number of fused-ring (bicyclic) bond motifs is 3. The van der Waals surface area contributed by atoms with E-state index in [1.807, 2.05) is 17.7 Å². The lowest BCUT2D eigenvalue weighted by Gasteiger charge is -2.11. The van der Waals surface area contributed by atoms with Crippen molar-refractivity contribution in [3.05, 3.63) is 63.4 Å². The first kappa shape index (κ1) is 14.1. The first-order chi connectivity index (χ1) is 11.1. The maximum Gasteiger partial charge on any atom is 0.282 e. The highest BCUT2D eigenvalue weighted by Crippen LogP contribution is 2.35. The molecule has 2 heterocycles. The Morgan fingerprint density at radius 1 is 1.30 bits per heavy atom. The third-order valence-corrected chi connectivity index (χ3v) is 5.17. The fourth-order valence-electron chi connectivity index (χ4n) is 2.86. The lowest BCUT2D eigenvalue weighted by atomic mass is 10.0. The molecule has 0 radical (unpaired) electrons. The predicted molar refractivity (Wildman–Crippen MR) is 84.7 cm³/mol. The molecule has 4 rings (SSSR count). The molecule has 0 aliphatic heterocycles. The summed E-state index contributed by atoms with van der Waals surface area (Å²) in [6.45, 7) is 0. The van der Waals surface area contributed by atoms with Crippen LogP contribution in [0.2, 0.25) is 0 Å². The molecule has 6 heteroatoms. The molecule has 2 aromatic heterocycles. The zero-order valence-electron chi connectivity index (χ0n) is 12.4. The quantitative estimate of drug-likeness (QED) is 0.688. The molecule has 0 spiro atoms. The molecule has 1 amide bonds. The van der Waals surface area contributed by atoms with Crippen molar-refractivity contribution in [2.45, 2.75) is 12.8 Å². The van der Waals surface area contributed by atoms with Crippen LogP contribution in [0.15, 0.2) is 46.0 Å². The first-order valence-corrected chi connectivity index (χ1v) is 8.06. The van der Waals surface area contributed by atoms with Crippen LogP contribution in [0.1, 0.15) is 21.0 Å². The molecule has 1 aliphatic rings. The van der Waals surface area contributed by atoms with Gasteiger partial charge in [-0.15, -0.1) is 11.3 Å². The van der Waals surface area contributed by atoms with Gasteiger partial charge in [-0.3, -0.25) is 4.79 Å². The summed E-state index contributed by atoms with van der Waals surface area (Å²) in [5.74, 6) is -0.162. The standard InChI is InChI=1S/C17H13FN2O2S/c1-20-15-11-8-9-22-13(11)6-7-14(15)23-17(20)19-16(21)10-4-2-3-5-12(10)18/h2-5,8-9H,6-7H2,1H3. The third-order valence-electron chi connectivity index (χ3n) is 3.98. The third kappa shape index (κ3) is 2.26. The maximum atomic E-state index is 13.7. The van der Waals surface area contributed by atoms with Crippen molar-refractivity contribution >= 4 is 17.2 Å². The van der Waals surface area contributed by atoms with Gasteiger partial charge in [-0.25, -0.2) is 4.39 Å². The number of hydrogen-bond acceptors (Lipinski definition) is 3. The van der Waals surface area contributed by atoms with Crippen LogP contribution >= 0.6 is 11.3 Å². The molecule has 0 atom stereocenters. The lowest BCUT2D eigenvalue weighted by Crippen LogP contribution is -2.15. The maximum absolute atomic E-state index is 13.7. The van der Waals surface area contributed by atoms with Crippen LogP contribution in [0, 0.1) is 5.82 Å². The van der Waals surface area contributed by atoms with Crippen molar-refractivity contribution in [2.75, 3.05) is 0 Å². The minimum absolute atomic E-state index is 0.0112. The highest BCUT2D eigenvalue weighted by atomic mass is 32.1. The van der Waals surface area contributed by atoms with Crippen LogP contribution in [0.4, 0.5) is 4.39 Å². The number of carbonyl (C=O) groups excluding carboxylic acids is 1. The topological polar surface area (TPSA) is 47.5 Å². The Morgan fingerprint density at radius 2 is 2.13 bits per heavy atom. The molecule has 3 aromatic rings. The minimum atomic E-state index is -0.565. The molecular formula is C17H13FN2O2S. The fourth-order valence-corrected chi connectivity index (χ4v) is 3.99. The largest absolute Gasteiger partial charge is 0.469 e. The van der Waals surface area contributed by atoms with Crippen LogP contribution in [0.25, 0.3) is 11.3 Å². The van der Waals surface area contributed by atoms with E-state index >= 15 is 0 Å². The molecular weight excluding hydrogens is 315 g/mol. The van der Waals surface area contributed by atoms with E-state index in [1.165, 1.54) is 28.3 Å². The second-order valence-corrected chi connectivity index (χ2v) is 6.43. The highest BCUT2D eigenvalue weighted by Gasteiger charge is 2.23. The van der Waals surface area contributed by atoms with Crippen molar-refractivity contribution < 1.29 is 13.6 Å². The van der Waals surface area contributed by atoms with Crippen molar-refractivity contribution in [3.63, 3.8) is 0 Å². The van der Waals surface area contributed by atoms with E-state index in [9.17, 15) is 9.18 Å². The van der Waals surface area contributed by atoms with E-state index < -0.39 is 11.7 Å². The second-order valence-electron chi connectivity index (χ2n) is 5.37. The number of aromatic nitrogens is 1. The number of rotatable bonds is 1. The fraction of sp³-hybridized carbons (Fsp3) is 0.176. The Labute approximate surface area is 135 Å². The van der Waals surface area contributed by atoms with E-state index in [4.69, 9.17) is 4.42 Å². The Hall–Kier alpha value is -2.47. The van der Waals surface area contributed by atoms with Crippen LogP contribution < -0.4 is 4.80 Å².